The first-order chi connectivity index (χ1) is 34.4. The zero-order valence-electron chi connectivity index (χ0n) is 42.9. The predicted octanol–water partition coefficient (Wildman–Crippen LogP) is 16.7. The first kappa shape index (κ1) is 43.7. The molecule has 0 fully saturated rings. The maximum absolute atomic E-state index is 6.86. The number of rotatable bonds is 4. The zero-order valence-corrected chi connectivity index (χ0v) is 43.8. The monoisotopic (exact) mass is 950 g/mol. The third kappa shape index (κ3) is 6.29. The molecule has 8 aromatic carbocycles. The molecule has 3 nitrogen and oxygen atoms in total. The summed E-state index contributed by atoms with van der Waals surface area (Å²) in [5, 5.41) is 9.21. The van der Waals surface area contributed by atoms with Crippen molar-refractivity contribution in [2.45, 2.75) is 96.8 Å². The summed E-state index contributed by atoms with van der Waals surface area (Å²) in [5.41, 5.74) is 24.0. The predicted molar refractivity (Wildman–Crippen MR) is 311 cm³/mol. The van der Waals surface area contributed by atoms with E-state index in [1.54, 1.807) is 0 Å². The van der Waals surface area contributed by atoms with E-state index in [0.29, 0.717) is 0 Å². The number of ether oxygens (including phenoxy) is 1. The lowest BCUT2D eigenvalue weighted by molar-refractivity contribution is 0.331. The van der Waals surface area contributed by atoms with Crippen molar-refractivity contribution in [1.82, 2.24) is 4.57 Å². The molecule has 14 rings (SSSR count). The van der Waals surface area contributed by atoms with Gasteiger partial charge in [0, 0.05) is 81.7 Å². The van der Waals surface area contributed by atoms with Crippen molar-refractivity contribution >= 4 is 94.2 Å². The molecule has 5 heteroatoms. The van der Waals surface area contributed by atoms with Crippen molar-refractivity contribution in [2.75, 3.05) is 5.32 Å². The molecule has 0 bridgehead atoms. The number of benzene rings is 8. The van der Waals surface area contributed by atoms with Crippen molar-refractivity contribution in [2.24, 2.45) is 0 Å². The van der Waals surface area contributed by atoms with Crippen LogP contribution in [0.3, 0.4) is 0 Å². The first-order valence-electron chi connectivity index (χ1n) is 25.9. The van der Waals surface area contributed by atoms with Crippen molar-refractivity contribution in [1.29, 1.82) is 0 Å². The number of thiophene rings is 1. The molecule has 2 aliphatic carbocycles. The molecule has 10 aromatic rings. The fourth-order valence-corrected chi connectivity index (χ4v) is 14.2. The minimum absolute atomic E-state index is 0.0581. The van der Waals surface area contributed by atoms with Crippen LogP contribution >= 0.6 is 11.3 Å². The van der Waals surface area contributed by atoms with Crippen LogP contribution in [0.15, 0.2) is 152 Å². The van der Waals surface area contributed by atoms with E-state index < -0.39 is 0 Å². The average molecular weight is 951 g/mol. The Kier molecular flexibility index (Phi) is 8.96. The smallest absolute Gasteiger partial charge is 0.198 e. The van der Waals surface area contributed by atoms with Crippen LogP contribution in [-0.4, -0.2) is 11.8 Å². The van der Waals surface area contributed by atoms with E-state index in [9.17, 15) is 0 Å². The minimum Gasteiger partial charge on any atom is -0.456 e. The van der Waals surface area contributed by atoms with Gasteiger partial charge in [-0.3, -0.25) is 0 Å². The second-order valence-corrected chi connectivity index (χ2v) is 25.3. The highest BCUT2D eigenvalue weighted by Gasteiger charge is 2.43. The SMILES string of the molecule is C=C1C=C(c2ccccc2)Oc2cc3c(cc21)Bc1c(-c2cc4c(cc2Nc2ccc(C(C)(C)C)cc2)C(C)(C)c2cc5c(cc2-4)C(C)(C)CCC5(C)C)ccc2c4cc5sc6ccccc6c5cc4n-3c12. The zero-order chi connectivity index (χ0) is 49.4. The van der Waals surface area contributed by atoms with E-state index in [1.165, 1.54) is 116 Å². The van der Waals surface area contributed by atoms with Crippen molar-refractivity contribution in [3.05, 3.63) is 191 Å². The highest BCUT2D eigenvalue weighted by molar-refractivity contribution is 7.25. The topological polar surface area (TPSA) is 26.2 Å². The Morgan fingerprint density at radius 3 is 2.08 bits per heavy atom. The molecule has 352 valence electrons. The Labute approximate surface area is 428 Å². The van der Waals surface area contributed by atoms with Crippen molar-refractivity contribution in [3.63, 3.8) is 0 Å². The van der Waals surface area contributed by atoms with Gasteiger partial charge in [0.1, 0.15) is 11.5 Å². The van der Waals surface area contributed by atoms with Gasteiger partial charge < -0.3 is 14.6 Å². The fourth-order valence-electron chi connectivity index (χ4n) is 13.1. The number of allylic oxidation sites excluding steroid dienone is 2. The van der Waals surface area contributed by atoms with Crippen molar-refractivity contribution in [3.8, 4) is 33.7 Å². The third-order valence-corrected chi connectivity index (χ3v) is 18.5. The number of nitrogens with one attached hydrogen (secondary N) is 1. The molecule has 0 spiro atoms. The Bertz CT molecular complexity index is 4080. The lowest BCUT2D eigenvalue weighted by atomic mass is 9.58. The molecule has 0 unspecified atom stereocenters. The van der Waals surface area contributed by atoms with Gasteiger partial charge in [0.15, 0.2) is 7.28 Å². The second-order valence-electron chi connectivity index (χ2n) is 24.2. The van der Waals surface area contributed by atoms with Gasteiger partial charge in [-0.05, 0) is 139 Å². The summed E-state index contributed by atoms with van der Waals surface area (Å²) in [6.45, 7) is 26.2. The number of hydrogen-bond acceptors (Lipinski definition) is 3. The van der Waals surface area contributed by atoms with Gasteiger partial charge in [-0.25, -0.2) is 0 Å². The third-order valence-electron chi connectivity index (χ3n) is 17.4. The van der Waals surface area contributed by atoms with Crippen LogP contribution in [0.4, 0.5) is 11.4 Å². The van der Waals surface area contributed by atoms with Gasteiger partial charge in [-0.15, -0.1) is 11.3 Å². The van der Waals surface area contributed by atoms with Crippen molar-refractivity contribution < 1.29 is 4.74 Å². The van der Waals surface area contributed by atoms with Gasteiger partial charge >= 0.3 is 0 Å². The van der Waals surface area contributed by atoms with Crippen LogP contribution in [0, 0.1) is 0 Å². The molecule has 2 aliphatic heterocycles. The summed E-state index contributed by atoms with van der Waals surface area (Å²) < 4.78 is 12.1. The number of aromatic nitrogens is 1. The number of hydrogen-bond donors (Lipinski definition) is 1. The van der Waals surface area contributed by atoms with Crippen LogP contribution in [0.2, 0.25) is 0 Å². The summed E-state index contributed by atoms with van der Waals surface area (Å²) in [4.78, 5) is 0. The summed E-state index contributed by atoms with van der Waals surface area (Å²) in [5.74, 6) is 1.66. The Hall–Kier alpha value is -7.08. The summed E-state index contributed by atoms with van der Waals surface area (Å²) in [7, 11) is 0.765. The Balaban J connectivity index is 1.03. The maximum atomic E-state index is 6.86. The summed E-state index contributed by atoms with van der Waals surface area (Å²) >= 11 is 1.89. The van der Waals surface area contributed by atoms with E-state index >= 15 is 0 Å². The standard InChI is InChI=1S/C67H59BN2OS/c1-37-28-58(38-16-12-11-13-17-38)71-59-36-57-54(31-44(37)59)68-62-42(24-25-43-48-33-61-49(32-56(48)70(57)63(43)62)41-18-14-15-19-60(41)72-61)47-29-45-46-30-52-53(66(7,8)27-26-65(52,5)6)34-50(46)67(9,10)51(45)35-55(47)69-40-22-20-39(21-23-40)64(2,3)4/h11-25,28-36,68-69H,1,26-27H2,2-10H3. The quantitative estimate of drug-likeness (QED) is 0.178. The van der Waals surface area contributed by atoms with Gasteiger partial charge in [0.05, 0.1) is 5.52 Å². The molecule has 1 N–H and O–H groups in total. The van der Waals surface area contributed by atoms with Gasteiger partial charge in [-0.1, -0.05) is 159 Å². The molecular formula is C67H59BN2OS. The Morgan fingerprint density at radius 2 is 1.32 bits per heavy atom. The molecule has 2 aromatic heterocycles. The second kappa shape index (κ2) is 14.8. The van der Waals surface area contributed by atoms with Gasteiger partial charge in [0.25, 0.3) is 0 Å². The van der Waals surface area contributed by atoms with Gasteiger partial charge in [0.2, 0.25) is 0 Å². The van der Waals surface area contributed by atoms with E-state index in [4.69, 9.17) is 4.74 Å². The van der Waals surface area contributed by atoms with Crippen LogP contribution in [0.25, 0.3) is 81.3 Å². The average Bonchev–Trinajstić information content (AvgIpc) is 3.96. The van der Waals surface area contributed by atoms with Crippen LogP contribution in [0.5, 0.6) is 5.75 Å². The highest BCUT2D eigenvalue weighted by Crippen LogP contribution is 2.56. The molecule has 0 saturated carbocycles. The van der Waals surface area contributed by atoms with Crippen LogP contribution in [0.1, 0.15) is 114 Å². The van der Waals surface area contributed by atoms with Crippen LogP contribution < -0.4 is 21.0 Å². The molecule has 0 atom stereocenters. The summed E-state index contributed by atoms with van der Waals surface area (Å²) in [6, 6.07) is 53.1. The highest BCUT2D eigenvalue weighted by atomic mass is 32.1. The summed E-state index contributed by atoms with van der Waals surface area (Å²) in [6.07, 6.45) is 4.48. The van der Waals surface area contributed by atoms with Gasteiger partial charge in [-0.2, -0.15) is 0 Å². The largest absolute Gasteiger partial charge is 0.456 e. The molecule has 4 heterocycles. The maximum Gasteiger partial charge on any atom is 0.198 e. The molecule has 72 heavy (non-hydrogen) atoms. The fraction of sp³-hybridized carbons (Fsp3) is 0.224. The Morgan fingerprint density at radius 1 is 0.611 bits per heavy atom. The first-order valence-corrected chi connectivity index (χ1v) is 26.7. The van der Waals surface area contributed by atoms with E-state index in [2.05, 4.69) is 218 Å². The number of nitrogens with zero attached hydrogens (tertiary/aromatic N) is 1. The number of fused-ring (bicyclic) bond motifs is 13. The molecule has 0 amide bonds. The molecule has 0 saturated heterocycles. The van der Waals surface area contributed by atoms with E-state index in [-0.39, 0.29) is 21.7 Å². The van der Waals surface area contributed by atoms with E-state index in [0.717, 1.165) is 52.6 Å². The molecular weight excluding hydrogens is 892 g/mol. The minimum atomic E-state index is -0.193. The lowest BCUT2D eigenvalue weighted by Gasteiger charge is -2.42. The molecule has 4 aliphatic rings. The normalized spacial score (nSPS) is 16.7. The molecule has 0 radical (unpaired) electrons. The lowest BCUT2D eigenvalue weighted by Crippen LogP contribution is -2.37. The number of anilines is 2. The van der Waals surface area contributed by atoms with Crippen LogP contribution in [-0.2, 0) is 21.7 Å². The van der Waals surface area contributed by atoms with E-state index in [1.807, 2.05) is 17.4 Å².